The van der Waals surface area contributed by atoms with Gasteiger partial charge in [-0.2, -0.15) is 5.10 Å². The zero-order chi connectivity index (χ0) is 25.4. The lowest BCUT2D eigenvalue weighted by molar-refractivity contribution is 0.0303. The third-order valence-corrected chi connectivity index (χ3v) is 7.50. The van der Waals surface area contributed by atoms with E-state index < -0.39 is 6.09 Å². The molecule has 2 atom stereocenters. The van der Waals surface area contributed by atoms with Crippen molar-refractivity contribution >= 4 is 28.6 Å². The number of aliphatic hydroxyl groups is 2. The van der Waals surface area contributed by atoms with Crippen molar-refractivity contribution in [2.75, 3.05) is 36.5 Å². The number of nitrogens with zero attached hydrogens (tertiary/aromatic N) is 5. The van der Waals surface area contributed by atoms with Crippen LogP contribution >= 0.6 is 0 Å². The van der Waals surface area contributed by atoms with Gasteiger partial charge < -0.3 is 24.6 Å². The monoisotopic (exact) mass is 508 g/mol. The van der Waals surface area contributed by atoms with Crippen molar-refractivity contribution in [2.45, 2.75) is 62.9 Å². The molecular formula is C26H32N6O5. The first-order chi connectivity index (χ1) is 18.1. The predicted molar refractivity (Wildman–Crippen MR) is 136 cm³/mol. The van der Waals surface area contributed by atoms with Crippen LogP contribution in [0.2, 0.25) is 0 Å². The topological polar surface area (TPSA) is 135 Å². The maximum atomic E-state index is 11.8. The van der Waals surface area contributed by atoms with Crippen LogP contribution in [0.25, 0.3) is 22.4 Å². The largest absolute Gasteiger partial charge is 0.447 e. The number of benzene rings is 1. The second-order valence-electron chi connectivity index (χ2n) is 10.1. The molecule has 1 aliphatic carbocycles. The molecule has 11 heteroatoms. The highest BCUT2D eigenvalue weighted by Gasteiger charge is 2.35. The molecule has 37 heavy (non-hydrogen) atoms. The molecule has 3 fully saturated rings. The summed E-state index contributed by atoms with van der Waals surface area (Å²) >= 11 is 0. The van der Waals surface area contributed by atoms with E-state index in [1.807, 2.05) is 23.0 Å². The number of amides is 1. The summed E-state index contributed by atoms with van der Waals surface area (Å²) < 4.78 is 12.9. The summed E-state index contributed by atoms with van der Waals surface area (Å²) in [7, 11) is 0. The van der Waals surface area contributed by atoms with Gasteiger partial charge in [-0.25, -0.2) is 19.4 Å². The second kappa shape index (κ2) is 10.2. The fourth-order valence-corrected chi connectivity index (χ4v) is 5.63. The number of fused-ring (bicyclic) bond motifs is 3. The average molecular weight is 509 g/mol. The molecule has 1 amide bonds. The Morgan fingerprint density at radius 1 is 1.05 bits per heavy atom. The van der Waals surface area contributed by atoms with Gasteiger partial charge in [0.05, 0.1) is 42.5 Å². The van der Waals surface area contributed by atoms with E-state index in [1.165, 1.54) is 0 Å². The van der Waals surface area contributed by atoms with E-state index in [4.69, 9.17) is 29.6 Å². The molecule has 6 rings (SSSR count). The van der Waals surface area contributed by atoms with Crippen LogP contribution in [0.3, 0.4) is 0 Å². The lowest BCUT2D eigenvalue weighted by Crippen LogP contribution is -2.43. The van der Waals surface area contributed by atoms with Crippen LogP contribution in [0, 0.1) is 0 Å². The maximum Gasteiger partial charge on any atom is 0.411 e. The minimum Gasteiger partial charge on any atom is -0.447 e. The van der Waals surface area contributed by atoms with Crippen molar-refractivity contribution < 1.29 is 24.5 Å². The van der Waals surface area contributed by atoms with Crippen molar-refractivity contribution in [2.24, 2.45) is 0 Å². The van der Waals surface area contributed by atoms with Gasteiger partial charge in [0.25, 0.3) is 0 Å². The Balaban J connectivity index is 1.35. The van der Waals surface area contributed by atoms with Gasteiger partial charge in [0.15, 0.2) is 11.5 Å². The van der Waals surface area contributed by atoms with E-state index >= 15 is 0 Å². The summed E-state index contributed by atoms with van der Waals surface area (Å²) in [4.78, 5) is 24.1. The molecule has 196 valence electrons. The van der Waals surface area contributed by atoms with Crippen LogP contribution < -0.4 is 10.2 Å². The van der Waals surface area contributed by atoms with E-state index in [0.29, 0.717) is 11.5 Å². The zero-order valence-corrected chi connectivity index (χ0v) is 20.6. The smallest absolute Gasteiger partial charge is 0.411 e. The lowest BCUT2D eigenvalue weighted by Gasteiger charge is -2.33. The lowest BCUT2D eigenvalue weighted by atomic mass is 9.93. The molecule has 0 radical (unpaired) electrons. The van der Waals surface area contributed by atoms with Crippen LogP contribution in [-0.4, -0.2) is 80.7 Å². The number of hydrogen-bond acceptors (Lipinski definition) is 9. The molecule has 3 aromatic rings. The summed E-state index contributed by atoms with van der Waals surface area (Å²) in [5, 5.41) is 27.2. The van der Waals surface area contributed by atoms with E-state index in [-0.39, 0.29) is 37.6 Å². The van der Waals surface area contributed by atoms with Gasteiger partial charge in [0.1, 0.15) is 12.4 Å². The van der Waals surface area contributed by atoms with Crippen molar-refractivity contribution in [3.8, 4) is 11.4 Å². The van der Waals surface area contributed by atoms with Gasteiger partial charge in [0.2, 0.25) is 0 Å². The van der Waals surface area contributed by atoms with E-state index in [2.05, 4.69) is 10.2 Å². The number of aromatic nitrogens is 4. The Bertz CT molecular complexity index is 1240. The van der Waals surface area contributed by atoms with Crippen molar-refractivity contribution in [1.29, 1.82) is 0 Å². The van der Waals surface area contributed by atoms with Crippen molar-refractivity contribution in [1.82, 2.24) is 19.7 Å². The van der Waals surface area contributed by atoms with Gasteiger partial charge in [-0.3, -0.25) is 5.32 Å². The standard InChI is InChI=1S/C26H32N6O5/c33-11-12-36-26(35)28-17-3-1-16(2-4-17)23-29-24(31-14-20-9-10-21(15-31)37-20)22-13-27-32(25(22)30-23)18-5-7-19(34)8-6-18/h1-4,13,18-21,33-34H,5-12,14-15H2,(H,28,35). The fourth-order valence-electron chi connectivity index (χ4n) is 5.63. The Labute approximate surface area is 214 Å². The number of carbonyl (C=O) groups excluding carboxylic acids is 1. The molecule has 3 N–H and O–H groups in total. The number of hydrogen-bond donors (Lipinski definition) is 3. The van der Waals surface area contributed by atoms with Gasteiger partial charge >= 0.3 is 6.09 Å². The average Bonchev–Trinajstić information content (AvgIpc) is 3.50. The van der Waals surface area contributed by atoms with E-state index in [9.17, 15) is 9.90 Å². The Kier molecular flexibility index (Phi) is 6.66. The summed E-state index contributed by atoms with van der Waals surface area (Å²) in [6.45, 7) is 1.30. The third-order valence-electron chi connectivity index (χ3n) is 7.50. The van der Waals surface area contributed by atoms with Crippen LogP contribution in [0.15, 0.2) is 30.5 Å². The van der Waals surface area contributed by atoms with Gasteiger partial charge in [-0.15, -0.1) is 0 Å². The van der Waals surface area contributed by atoms with E-state index in [1.54, 1.807) is 12.1 Å². The molecule has 2 saturated heterocycles. The summed E-state index contributed by atoms with van der Waals surface area (Å²) in [6.07, 6.45) is 6.85. The summed E-state index contributed by atoms with van der Waals surface area (Å²) in [5.74, 6) is 1.46. The van der Waals surface area contributed by atoms with Crippen LogP contribution in [0.1, 0.15) is 44.6 Å². The molecule has 1 saturated carbocycles. The van der Waals surface area contributed by atoms with Crippen LogP contribution in [0.5, 0.6) is 0 Å². The van der Waals surface area contributed by atoms with Crippen LogP contribution in [-0.2, 0) is 9.47 Å². The van der Waals surface area contributed by atoms with Crippen molar-refractivity contribution in [3.05, 3.63) is 30.5 Å². The Morgan fingerprint density at radius 2 is 1.78 bits per heavy atom. The maximum absolute atomic E-state index is 11.8. The predicted octanol–water partition coefficient (Wildman–Crippen LogP) is 2.88. The molecule has 2 unspecified atom stereocenters. The summed E-state index contributed by atoms with van der Waals surface area (Å²) in [5.41, 5.74) is 2.19. The normalized spacial score (nSPS) is 25.4. The molecule has 2 bridgehead atoms. The van der Waals surface area contributed by atoms with Gasteiger partial charge in [0, 0.05) is 24.3 Å². The van der Waals surface area contributed by atoms with Crippen LogP contribution in [0.4, 0.5) is 16.3 Å². The van der Waals surface area contributed by atoms with Crippen molar-refractivity contribution in [3.63, 3.8) is 0 Å². The Hall–Kier alpha value is -3.28. The molecule has 3 aliphatic rings. The molecule has 2 aromatic heterocycles. The number of ether oxygens (including phenoxy) is 2. The first-order valence-corrected chi connectivity index (χ1v) is 13.1. The fraction of sp³-hybridized carbons (Fsp3) is 0.538. The number of nitrogens with one attached hydrogen (secondary N) is 1. The summed E-state index contributed by atoms with van der Waals surface area (Å²) in [6, 6.07) is 7.48. The number of carbonyl (C=O) groups is 1. The molecular weight excluding hydrogens is 476 g/mol. The first-order valence-electron chi connectivity index (χ1n) is 13.1. The minimum atomic E-state index is -0.620. The molecule has 1 aromatic carbocycles. The highest BCUT2D eigenvalue weighted by molar-refractivity contribution is 5.89. The first kappa shape index (κ1) is 24.1. The number of morpholine rings is 1. The van der Waals surface area contributed by atoms with Gasteiger partial charge in [-0.1, -0.05) is 0 Å². The molecule has 4 heterocycles. The quantitative estimate of drug-likeness (QED) is 0.459. The minimum absolute atomic E-state index is 0.0581. The van der Waals surface area contributed by atoms with Gasteiger partial charge in [-0.05, 0) is 62.8 Å². The number of aliphatic hydroxyl groups excluding tert-OH is 2. The zero-order valence-electron chi connectivity index (χ0n) is 20.6. The molecule has 0 spiro atoms. The number of rotatable bonds is 6. The number of anilines is 2. The molecule has 2 aliphatic heterocycles. The third kappa shape index (κ3) is 4.98. The SMILES string of the molecule is O=C(Nc1ccc(-c2nc(N3CC4CCC(C3)O4)c3cnn(C4CCC(O)CC4)c3n2)cc1)OCCO. The second-order valence-corrected chi connectivity index (χ2v) is 10.1. The molecule has 11 nitrogen and oxygen atoms in total. The van der Waals surface area contributed by atoms with E-state index in [0.717, 1.165) is 74.0 Å². The Morgan fingerprint density at radius 3 is 2.49 bits per heavy atom. The highest BCUT2D eigenvalue weighted by Crippen LogP contribution is 2.36. The highest BCUT2D eigenvalue weighted by atomic mass is 16.6.